The zero-order valence-electron chi connectivity index (χ0n) is 14.0. The number of sulfonamides is 1. The molecular weight excluding hydrogens is 374 g/mol. The summed E-state index contributed by atoms with van der Waals surface area (Å²) in [7, 11) is -3.50. The lowest BCUT2D eigenvalue weighted by Gasteiger charge is -2.35. The van der Waals surface area contributed by atoms with Gasteiger partial charge in [-0.25, -0.2) is 8.42 Å². The molecule has 0 unspecified atom stereocenters. The third-order valence-electron chi connectivity index (χ3n) is 4.20. The highest BCUT2D eigenvalue weighted by atomic mass is 35.5. The van der Waals surface area contributed by atoms with Gasteiger partial charge in [-0.15, -0.1) is 0 Å². The van der Waals surface area contributed by atoms with E-state index < -0.39 is 10.0 Å². The Bertz CT molecular complexity index is 885. The van der Waals surface area contributed by atoms with E-state index in [4.69, 9.17) is 21.6 Å². The predicted octanol–water partition coefficient (Wildman–Crippen LogP) is 2.75. The highest BCUT2D eigenvalue weighted by Crippen LogP contribution is 2.24. The van der Waals surface area contributed by atoms with Crippen LogP contribution in [0, 0.1) is 11.3 Å². The van der Waals surface area contributed by atoms with Crippen LogP contribution in [0.25, 0.3) is 0 Å². The number of hydrogen-bond donors (Lipinski definition) is 0. The first-order chi connectivity index (χ1) is 12.5. The molecule has 0 radical (unpaired) electrons. The largest absolute Gasteiger partial charge is 0.479 e. The van der Waals surface area contributed by atoms with Gasteiger partial charge in [0.25, 0.3) is 0 Å². The molecule has 0 N–H and O–H groups in total. The molecule has 0 aliphatic carbocycles. The van der Waals surface area contributed by atoms with Crippen molar-refractivity contribution in [1.29, 1.82) is 5.26 Å². The van der Waals surface area contributed by atoms with Crippen molar-refractivity contribution in [3.05, 3.63) is 53.6 Å². The van der Waals surface area contributed by atoms with Gasteiger partial charge in [0.1, 0.15) is 11.8 Å². The predicted molar refractivity (Wildman–Crippen MR) is 100.0 cm³/mol. The van der Waals surface area contributed by atoms with Crippen LogP contribution < -0.4 is 9.64 Å². The maximum atomic E-state index is 12.7. The number of ether oxygens (including phenoxy) is 1. The molecule has 136 valence electrons. The molecule has 0 spiro atoms. The quantitative estimate of drug-likeness (QED) is 0.783. The van der Waals surface area contributed by atoms with Gasteiger partial charge in [-0.1, -0.05) is 11.6 Å². The Morgan fingerprint density at radius 3 is 2.19 bits per heavy atom. The minimum Gasteiger partial charge on any atom is -0.479 e. The number of anilines is 1. The Labute approximate surface area is 158 Å². The summed E-state index contributed by atoms with van der Waals surface area (Å²) in [5.74, 6) is 0.638. The van der Waals surface area contributed by atoms with Crippen LogP contribution in [-0.2, 0) is 10.0 Å². The fraction of sp³-hybridized carbons (Fsp3) is 0.278. The number of hydrogen-bond acceptors (Lipinski definition) is 5. The third kappa shape index (κ3) is 4.10. The van der Waals surface area contributed by atoms with Gasteiger partial charge < -0.3 is 9.64 Å². The Balaban J connectivity index is 1.63. The summed E-state index contributed by atoms with van der Waals surface area (Å²) in [5.41, 5.74) is 0.998. The zero-order chi connectivity index (χ0) is 18.6. The van der Waals surface area contributed by atoms with Crippen LogP contribution in [0.3, 0.4) is 0 Å². The second kappa shape index (κ2) is 7.96. The maximum Gasteiger partial charge on any atom is 0.243 e. The lowest BCUT2D eigenvalue weighted by Crippen LogP contribution is -2.48. The van der Waals surface area contributed by atoms with Gasteiger partial charge in [0.2, 0.25) is 10.0 Å². The average Bonchev–Trinajstić information content (AvgIpc) is 2.67. The molecule has 3 rings (SSSR count). The van der Waals surface area contributed by atoms with E-state index in [0.717, 1.165) is 5.69 Å². The Morgan fingerprint density at radius 2 is 1.62 bits per heavy atom. The van der Waals surface area contributed by atoms with Crippen molar-refractivity contribution >= 4 is 27.3 Å². The molecule has 2 aromatic carbocycles. The van der Waals surface area contributed by atoms with E-state index in [1.54, 1.807) is 12.1 Å². The average molecular weight is 392 g/mol. The van der Waals surface area contributed by atoms with Crippen molar-refractivity contribution in [2.75, 3.05) is 37.7 Å². The van der Waals surface area contributed by atoms with E-state index in [1.807, 2.05) is 30.3 Å². The number of piperazine rings is 1. The van der Waals surface area contributed by atoms with Crippen molar-refractivity contribution in [1.82, 2.24) is 4.31 Å². The van der Waals surface area contributed by atoms with Crippen LogP contribution >= 0.6 is 11.6 Å². The summed E-state index contributed by atoms with van der Waals surface area (Å²) in [6.07, 6.45) is 0. The topological polar surface area (TPSA) is 73.6 Å². The van der Waals surface area contributed by atoms with Crippen LogP contribution in [0.4, 0.5) is 5.69 Å². The second-order valence-corrected chi connectivity index (χ2v) is 8.16. The molecule has 6 nitrogen and oxygen atoms in total. The van der Waals surface area contributed by atoms with Gasteiger partial charge >= 0.3 is 0 Å². The molecular formula is C18H18ClN3O3S. The minimum atomic E-state index is -3.50. The Kier molecular flexibility index (Phi) is 5.67. The van der Waals surface area contributed by atoms with Gasteiger partial charge in [-0.05, 0) is 48.5 Å². The number of benzene rings is 2. The van der Waals surface area contributed by atoms with Gasteiger partial charge in [0, 0.05) is 36.9 Å². The van der Waals surface area contributed by atoms with E-state index in [0.29, 0.717) is 37.0 Å². The summed E-state index contributed by atoms with van der Waals surface area (Å²) >= 11 is 5.83. The van der Waals surface area contributed by atoms with Gasteiger partial charge in [0.15, 0.2) is 6.61 Å². The van der Waals surface area contributed by atoms with Gasteiger partial charge in [-0.2, -0.15) is 9.57 Å². The third-order valence-corrected chi connectivity index (χ3v) is 6.36. The molecule has 0 aromatic heterocycles. The Morgan fingerprint density at radius 1 is 1.00 bits per heavy atom. The highest BCUT2D eigenvalue weighted by molar-refractivity contribution is 7.89. The fourth-order valence-corrected chi connectivity index (χ4v) is 4.36. The second-order valence-electron chi connectivity index (χ2n) is 5.79. The standard InChI is InChI=1S/C18H18ClN3O3S/c19-15-1-7-18(8-2-15)26(23,24)22-12-10-21(11-13-22)16-3-5-17(6-4-16)25-14-9-20/h1-8H,10-14H2. The molecule has 1 fully saturated rings. The first kappa shape index (κ1) is 18.5. The van der Waals surface area contributed by atoms with E-state index in [9.17, 15) is 8.42 Å². The molecule has 0 atom stereocenters. The van der Waals surface area contributed by atoms with E-state index >= 15 is 0 Å². The van der Waals surface area contributed by atoms with Crippen molar-refractivity contribution in [2.24, 2.45) is 0 Å². The summed E-state index contributed by atoms with van der Waals surface area (Å²) in [5, 5.41) is 9.04. The van der Waals surface area contributed by atoms with Crippen LogP contribution in [0.1, 0.15) is 0 Å². The van der Waals surface area contributed by atoms with E-state index in [2.05, 4.69) is 4.90 Å². The molecule has 8 heteroatoms. The van der Waals surface area contributed by atoms with Crippen LogP contribution in [-0.4, -0.2) is 45.5 Å². The van der Waals surface area contributed by atoms with Crippen LogP contribution in [0.5, 0.6) is 5.75 Å². The smallest absolute Gasteiger partial charge is 0.243 e. The van der Waals surface area contributed by atoms with Crippen molar-refractivity contribution in [2.45, 2.75) is 4.90 Å². The van der Waals surface area contributed by atoms with Crippen LogP contribution in [0.2, 0.25) is 5.02 Å². The van der Waals surface area contributed by atoms with E-state index in [-0.39, 0.29) is 11.5 Å². The van der Waals surface area contributed by atoms with Crippen molar-refractivity contribution in [3.8, 4) is 11.8 Å². The van der Waals surface area contributed by atoms with Crippen LogP contribution in [0.15, 0.2) is 53.4 Å². The summed E-state index contributed by atoms with van der Waals surface area (Å²) < 4.78 is 32.2. The summed E-state index contributed by atoms with van der Waals surface area (Å²) in [6.45, 7) is 2.05. The molecule has 1 aliphatic rings. The molecule has 2 aromatic rings. The number of rotatable bonds is 5. The number of halogens is 1. The van der Waals surface area contributed by atoms with Crippen molar-refractivity contribution < 1.29 is 13.2 Å². The molecule has 1 aliphatic heterocycles. The number of nitrogens with zero attached hydrogens (tertiary/aromatic N) is 3. The van der Waals surface area contributed by atoms with Gasteiger partial charge in [-0.3, -0.25) is 0 Å². The molecule has 0 amide bonds. The molecule has 0 bridgehead atoms. The molecule has 1 heterocycles. The summed E-state index contributed by atoms with van der Waals surface area (Å²) in [6, 6.07) is 15.6. The first-order valence-electron chi connectivity index (χ1n) is 8.11. The normalized spacial score (nSPS) is 15.5. The zero-order valence-corrected chi connectivity index (χ0v) is 15.6. The van der Waals surface area contributed by atoms with Gasteiger partial charge in [0.05, 0.1) is 4.90 Å². The minimum absolute atomic E-state index is 0.0145. The first-order valence-corrected chi connectivity index (χ1v) is 9.93. The van der Waals surface area contributed by atoms with Crippen molar-refractivity contribution in [3.63, 3.8) is 0 Å². The SMILES string of the molecule is N#CCOc1ccc(N2CCN(S(=O)(=O)c3ccc(Cl)cc3)CC2)cc1. The Hall–Kier alpha value is -2.27. The molecule has 1 saturated heterocycles. The van der Waals surface area contributed by atoms with E-state index in [1.165, 1.54) is 16.4 Å². The lowest BCUT2D eigenvalue weighted by atomic mass is 10.2. The monoisotopic (exact) mass is 391 g/mol. The molecule has 0 saturated carbocycles. The molecule has 26 heavy (non-hydrogen) atoms. The highest BCUT2D eigenvalue weighted by Gasteiger charge is 2.28. The fourth-order valence-electron chi connectivity index (χ4n) is 2.81. The maximum absolute atomic E-state index is 12.7. The number of nitriles is 1. The lowest BCUT2D eigenvalue weighted by molar-refractivity contribution is 0.368. The summed E-state index contributed by atoms with van der Waals surface area (Å²) in [4.78, 5) is 2.39.